The van der Waals surface area contributed by atoms with Crippen LogP contribution in [0.3, 0.4) is 0 Å². The van der Waals surface area contributed by atoms with E-state index in [1.54, 1.807) is 5.38 Å². The van der Waals surface area contributed by atoms with Crippen LogP contribution >= 0.6 is 11.3 Å². The van der Waals surface area contributed by atoms with Crippen LogP contribution in [-0.4, -0.2) is 40.6 Å². The lowest BCUT2D eigenvalue weighted by Crippen LogP contribution is -2.33. The van der Waals surface area contributed by atoms with E-state index >= 15 is 0 Å². The van der Waals surface area contributed by atoms with Gasteiger partial charge in [-0.1, -0.05) is 0 Å². The van der Waals surface area contributed by atoms with Crippen molar-refractivity contribution >= 4 is 27.3 Å². The average Bonchev–Trinajstić information content (AvgIpc) is 2.87. The fourth-order valence-electron chi connectivity index (χ4n) is 2.59. The Morgan fingerprint density at radius 2 is 2.16 bits per heavy atom. The van der Waals surface area contributed by atoms with Gasteiger partial charge in [0.1, 0.15) is 9.77 Å². The van der Waals surface area contributed by atoms with Crippen molar-refractivity contribution in [1.29, 1.82) is 0 Å². The van der Waals surface area contributed by atoms with Gasteiger partial charge in [0.05, 0.1) is 7.11 Å². The van der Waals surface area contributed by atoms with Crippen LogP contribution in [0, 0.1) is 11.8 Å². The Kier molecular flexibility index (Phi) is 3.12. The van der Waals surface area contributed by atoms with Crippen molar-refractivity contribution < 1.29 is 17.9 Å². The molecule has 0 amide bonds. The number of carbonyl (C=O) groups excluding carboxylic acids is 1. The van der Waals surface area contributed by atoms with Gasteiger partial charge in [0.25, 0.3) is 0 Å². The molecule has 1 saturated heterocycles. The lowest BCUT2D eigenvalue weighted by Gasteiger charge is -2.08. The number of thiophene rings is 1. The summed E-state index contributed by atoms with van der Waals surface area (Å²) in [4.78, 5) is 11.7. The van der Waals surface area contributed by atoms with E-state index in [0.29, 0.717) is 11.8 Å². The van der Waals surface area contributed by atoms with Gasteiger partial charge < -0.3 is 10.1 Å². The van der Waals surface area contributed by atoms with Crippen LogP contribution in [0.1, 0.15) is 9.67 Å². The van der Waals surface area contributed by atoms with Crippen molar-refractivity contribution in [2.45, 2.75) is 10.9 Å². The number of hydrogen-bond acceptors (Lipinski definition) is 6. The molecule has 1 aliphatic heterocycles. The van der Waals surface area contributed by atoms with Crippen LogP contribution in [0.4, 0.5) is 0 Å². The normalized spacial score (nSPS) is 29.0. The predicted octanol–water partition coefficient (Wildman–Crippen LogP) is 0.0308. The number of carbonyl (C=O) groups is 1. The van der Waals surface area contributed by atoms with Crippen molar-refractivity contribution in [1.82, 2.24) is 10.0 Å². The van der Waals surface area contributed by atoms with Crippen LogP contribution in [-0.2, 0) is 14.8 Å². The van der Waals surface area contributed by atoms with Crippen molar-refractivity contribution in [2.75, 3.05) is 20.2 Å². The van der Waals surface area contributed by atoms with Gasteiger partial charge in [-0.2, -0.15) is 0 Å². The van der Waals surface area contributed by atoms with E-state index in [1.807, 2.05) is 0 Å². The fourth-order valence-corrected chi connectivity index (χ4v) is 5.26. The van der Waals surface area contributed by atoms with Crippen molar-refractivity contribution in [3.8, 4) is 0 Å². The summed E-state index contributed by atoms with van der Waals surface area (Å²) in [6, 6.07) is 1.44. The maximum atomic E-state index is 12.3. The first-order valence-corrected chi connectivity index (χ1v) is 8.30. The summed E-state index contributed by atoms with van der Waals surface area (Å²) in [5, 5.41) is 4.78. The molecule has 2 fully saturated rings. The molecule has 1 aromatic heterocycles. The number of ether oxygens (including phenoxy) is 1. The molecule has 0 bridgehead atoms. The van der Waals surface area contributed by atoms with Crippen LogP contribution in [0.5, 0.6) is 0 Å². The standard InChI is InChI=1S/C11H14N2O4S2/c1-17-11(14)10-8(2-3-18-10)19(15,16)13-9-6-4-12-5-7(6)9/h2-3,6-7,9,12-13H,4-5H2,1H3. The third-order valence-electron chi connectivity index (χ3n) is 3.67. The second-order valence-electron chi connectivity index (χ2n) is 4.74. The second kappa shape index (κ2) is 4.55. The molecule has 2 atom stereocenters. The van der Waals surface area contributed by atoms with Crippen LogP contribution in [0.15, 0.2) is 16.3 Å². The van der Waals surface area contributed by atoms with Crippen LogP contribution < -0.4 is 10.0 Å². The highest BCUT2D eigenvalue weighted by Crippen LogP contribution is 2.42. The summed E-state index contributed by atoms with van der Waals surface area (Å²) in [6.45, 7) is 1.71. The third-order valence-corrected chi connectivity index (χ3v) is 6.20. The van der Waals surface area contributed by atoms with Gasteiger partial charge >= 0.3 is 5.97 Å². The van der Waals surface area contributed by atoms with E-state index < -0.39 is 16.0 Å². The maximum absolute atomic E-state index is 12.3. The van der Waals surface area contributed by atoms with Crippen LogP contribution in [0.2, 0.25) is 0 Å². The van der Waals surface area contributed by atoms with Gasteiger partial charge in [-0.05, 0) is 36.4 Å². The summed E-state index contributed by atoms with van der Waals surface area (Å²) in [5.74, 6) is 0.151. The molecule has 2 N–H and O–H groups in total. The molecule has 8 heteroatoms. The molecule has 2 unspecified atom stereocenters. The minimum absolute atomic E-state index is 0.00310. The smallest absolute Gasteiger partial charge is 0.349 e. The number of methoxy groups -OCH3 is 1. The number of hydrogen-bond donors (Lipinski definition) is 2. The Morgan fingerprint density at radius 3 is 2.79 bits per heavy atom. The summed E-state index contributed by atoms with van der Waals surface area (Å²) >= 11 is 1.07. The molecule has 1 aliphatic carbocycles. The molecule has 3 rings (SSSR count). The maximum Gasteiger partial charge on any atom is 0.349 e. The predicted molar refractivity (Wildman–Crippen MR) is 69.6 cm³/mol. The SMILES string of the molecule is COC(=O)c1sccc1S(=O)(=O)NC1C2CNCC21. The van der Waals surface area contributed by atoms with E-state index in [1.165, 1.54) is 13.2 Å². The van der Waals surface area contributed by atoms with Crippen molar-refractivity contribution in [3.05, 3.63) is 16.3 Å². The van der Waals surface area contributed by atoms with E-state index in [2.05, 4.69) is 14.8 Å². The van der Waals surface area contributed by atoms with E-state index in [4.69, 9.17) is 0 Å². The Bertz CT molecular complexity index is 600. The van der Waals surface area contributed by atoms with Gasteiger partial charge in [0.15, 0.2) is 0 Å². The topological polar surface area (TPSA) is 84.5 Å². The summed E-state index contributed by atoms with van der Waals surface area (Å²) in [5.41, 5.74) is 0. The first-order chi connectivity index (χ1) is 9.04. The largest absolute Gasteiger partial charge is 0.465 e. The van der Waals surface area contributed by atoms with E-state index in [-0.39, 0.29) is 15.8 Å². The van der Waals surface area contributed by atoms with Gasteiger partial charge in [-0.3, -0.25) is 0 Å². The molecule has 104 valence electrons. The number of piperidine rings is 1. The van der Waals surface area contributed by atoms with E-state index in [0.717, 1.165) is 24.4 Å². The Balaban J connectivity index is 1.81. The highest BCUT2D eigenvalue weighted by Gasteiger charge is 2.54. The highest BCUT2D eigenvalue weighted by molar-refractivity contribution is 7.89. The zero-order valence-electron chi connectivity index (χ0n) is 10.3. The number of esters is 1. The van der Waals surface area contributed by atoms with Gasteiger partial charge in [0.2, 0.25) is 10.0 Å². The minimum Gasteiger partial charge on any atom is -0.465 e. The molecule has 0 radical (unpaired) electrons. The minimum atomic E-state index is -3.65. The zero-order chi connectivity index (χ0) is 13.6. The Labute approximate surface area is 115 Å². The quantitative estimate of drug-likeness (QED) is 0.767. The number of sulfonamides is 1. The molecule has 0 aromatic carbocycles. The molecule has 0 spiro atoms. The lowest BCUT2D eigenvalue weighted by atomic mass is 10.4. The van der Waals surface area contributed by atoms with Crippen LogP contribution in [0.25, 0.3) is 0 Å². The van der Waals surface area contributed by atoms with Crippen molar-refractivity contribution in [2.24, 2.45) is 11.8 Å². The highest BCUT2D eigenvalue weighted by atomic mass is 32.2. The zero-order valence-corrected chi connectivity index (χ0v) is 11.9. The summed E-state index contributed by atoms with van der Waals surface area (Å²) in [6.07, 6.45) is 0. The molecule has 6 nitrogen and oxygen atoms in total. The summed E-state index contributed by atoms with van der Waals surface area (Å²) < 4.78 is 31.8. The molecule has 1 aromatic rings. The second-order valence-corrected chi connectivity index (χ2v) is 7.34. The van der Waals surface area contributed by atoms with Gasteiger partial charge in [-0.15, -0.1) is 11.3 Å². The lowest BCUT2D eigenvalue weighted by molar-refractivity contribution is 0.0602. The third kappa shape index (κ3) is 2.18. The monoisotopic (exact) mass is 302 g/mol. The van der Waals surface area contributed by atoms with Crippen molar-refractivity contribution in [3.63, 3.8) is 0 Å². The first kappa shape index (κ1) is 13.0. The molecule has 1 saturated carbocycles. The molecular formula is C11H14N2O4S2. The number of nitrogens with one attached hydrogen (secondary N) is 2. The van der Waals surface area contributed by atoms with Gasteiger partial charge in [-0.25, -0.2) is 17.9 Å². The number of rotatable bonds is 4. The molecular weight excluding hydrogens is 288 g/mol. The van der Waals surface area contributed by atoms with E-state index in [9.17, 15) is 13.2 Å². The molecule has 19 heavy (non-hydrogen) atoms. The molecule has 2 aliphatic rings. The average molecular weight is 302 g/mol. The van der Waals surface area contributed by atoms with Gasteiger partial charge in [0, 0.05) is 6.04 Å². The Hall–Kier alpha value is -0.960. The Morgan fingerprint density at radius 1 is 1.47 bits per heavy atom. The summed E-state index contributed by atoms with van der Waals surface area (Å²) in [7, 11) is -2.41. The first-order valence-electron chi connectivity index (χ1n) is 5.93. The molecule has 2 heterocycles. The fraction of sp³-hybridized carbons (Fsp3) is 0.545. The number of fused-ring (bicyclic) bond motifs is 1.